The predicted molar refractivity (Wildman–Crippen MR) is 47.7 cm³/mol. The number of carbonyl (C=O) groups is 2. The Hall–Kier alpha value is -0.100. The summed E-state index contributed by atoms with van der Waals surface area (Å²) in [6.07, 6.45) is -1.50. The molecule has 14 heavy (non-hydrogen) atoms. The molecule has 1 aliphatic rings. The van der Waals surface area contributed by atoms with Gasteiger partial charge in [0, 0.05) is 29.6 Å². The first-order chi connectivity index (χ1) is 6.20. The number of rotatable bonds is 4. The van der Waals surface area contributed by atoms with Crippen molar-refractivity contribution in [3.8, 4) is 0 Å². The van der Waals surface area contributed by atoms with E-state index in [0.29, 0.717) is 0 Å². The molecule has 0 aliphatic carbocycles. The Kier molecular flexibility index (Phi) is 6.35. The molecule has 2 atom stereocenters. The van der Waals surface area contributed by atoms with Crippen molar-refractivity contribution in [2.24, 2.45) is 0 Å². The van der Waals surface area contributed by atoms with Crippen LogP contribution in [-0.2, 0) is 23.8 Å². The number of ether oxygens (including phenoxy) is 3. The normalized spacial score (nSPS) is 23.3. The van der Waals surface area contributed by atoms with Gasteiger partial charge in [0.05, 0.1) is 13.2 Å². The molecule has 0 spiro atoms. The van der Waals surface area contributed by atoms with Crippen molar-refractivity contribution in [1.29, 1.82) is 0 Å². The quantitative estimate of drug-likeness (QED) is 0.356. The minimum Gasteiger partial charge on any atom is -0.464 e. The SMILES string of the molecule is CCOC(=O)C1OC1C(=O)OCC.[Na]. The third-order valence-corrected chi connectivity index (χ3v) is 1.53. The van der Waals surface area contributed by atoms with Gasteiger partial charge in [-0.3, -0.25) is 0 Å². The van der Waals surface area contributed by atoms with Crippen LogP contribution >= 0.6 is 0 Å². The molecule has 0 saturated carbocycles. The van der Waals surface area contributed by atoms with E-state index in [0.717, 1.165) is 0 Å². The summed E-state index contributed by atoms with van der Waals surface area (Å²) in [5.41, 5.74) is 0. The van der Waals surface area contributed by atoms with Gasteiger partial charge in [-0.2, -0.15) is 0 Å². The average molecular weight is 211 g/mol. The number of hydrogen-bond acceptors (Lipinski definition) is 5. The summed E-state index contributed by atoms with van der Waals surface area (Å²) in [5.74, 6) is -0.999. The first-order valence-corrected chi connectivity index (χ1v) is 4.19. The van der Waals surface area contributed by atoms with Gasteiger partial charge in [-0.15, -0.1) is 0 Å². The zero-order chi connectivity index (χ0) is 9.84. The fourth-order valence-electron chi connectivity index (χ4n) is 0.920. The van der Waals surface area contributed by atoms with Crippen LogP contribution in [0.15, 0.2) is 0 Å². The van der Waals surface area contributed by atoms with Crippen LogP contribution in [0.3, 0.4) is 0 Å². The van der Waals surface area contributed by atoms with E-state index in [2.05, 4.69) is 9.47 Å². The van der Waals surface area contributed by atoms with Crippen molar-refractivity contribution < 1.29 is 23.8 Å². The third-order valence-electron chi connectivity index (χ3n) is 1.53. The van der Waals surface area contributed by atoms with E-state index in [9.17, 15) is 9.59 Å². The first-order valence-electron chi connectivity index (χ1n) is 4.19. The smallest absolute Gasteiger partial charge is 0.338 e. The van der Waals surface area contributed by atoms with E-state index in [1.165, 1.54) is 0 Å². The summed E-state index contributed by atoms with van der Waals surface area (Å²) in [7, 11) is 0. The van der Waals surface area contributed by atoms with Crippen molar-refractivity contribution in [3.63, 3.8) is 0 Å². The third kappa shape index (κ3) is 3.57. The number of esters is 2. The summed E-state index contributed by atoms with van der Waals surface area (Å²) in [6.45, 7) is 3.96. The maximum absolute atomic E-state index is 11.0. The Labute approximate surface area is 104 Å². The van der Waals surface area contributed by atoms with Crippen LogP contribution < -0.4 is 0 Å². The molecule has 5 nitrogen and oxygen atoms in total. The van der Waals surface area contributed by atoms with Crippen LogP contribution in [0.25, 0.3) is 0 Å². The fraction of sp³-hybridized carbons (Fsp3) is 0.750. The standard InChI is InChI=1S/C8H12O5.Na/c1-3-11-7(9)5-6(13-5)8(10)12-4-2;/h5-6H,3-4H2,1-2H3;. The van der Waals surface area contributed by atoms with E-state index in [-0.39, 0.29) is 42.8 Å². The second kappa shape index (κ2) is 6.40. The van der Waals surface area contributed by atoms with E-state index in [1.54, 1.807) is 13.8 Å². The van der Waals surface area contributed by atoms with Gasteiger partial charge in [-0.25, -0.2) is 9.59 Å². The van der Waals surface area contributed by atoms with Gasteiger partial charge in [0.25, 0.3) is 0 Å². The Balaban J connectivity index is 0.00000169. The Bertz CT molecular complexity index is 196. The first kappa shape index (κ1) is 13.9. The van der Waals surface area contributed by atoms with Crippen LogP contribution in [0.2, 0.25) is 0 Å². The van der Waals surface area contributed by atoms with Crippen LogP contribution in [0.5, 0.6) is 0 Å². The van der Waals surface area contributed by atoms with Crippen molar-refractivity contribution in [1.82, 2.24) is 0 Å². The molecular weight excluding hydrogens is 199 g/mol. The summed E-state index contributed by atoms with van der Waals surface area (Å²) in [6, 6.07) is 0. The minimum absolute atomic E-state index is 0. The molecule has 1 saturated heterocycles. The molecule has 1 heterocycles. The fourth-order valence-corrected chi connectivity index (χ4v) is 0.920. The van der Waals surface area contributed by atoms with Gasteiger partial charge < -0.3 is 14.2 Å². The van der Waals surface area contributed by atoms with Crippen molar-refractivity contribution in [2.75, 3.05) is 13.2 Å². The van der Waals surface area contributed by atoms with E-state index >= 15 is 0 Å². The van der Waals surface area contributed by atoms with Crippen LogP contribution in [0.1, 0.15) is 13.8 Å². The molecule has 1 radical (unpaired) electrons. The summed E-state index contributed by atoms with van der Waals surface area (Å²) in [5, 5.41) is 0. The molecule has 1 rings (SSSR count). The second-order valence-electron chi connectivity index (χ2n) is 2.48. The average Bonchev–Trinajstić information content (AvgIpc) is 2.84. The molecule has 0 aromatic heterocycles. The van der Waals surface area contributed by atoms with E-state index < -0.39 is 24.1 Å². The molecule has 6 heteroatoms. The van der Waals surface area contributed by atoms with E-state index in [4.69, 9.17) is 4.74 Å². The van der Waals surface area contributed by atoms with Crippen molar-refractivity contribution in [2.45, 2.75) is 26.1 Å². The number of hydrogen-bond donors (Lipinski definition) is 0. The maximum atomic E-state index is 11.0. The summed E-state index contributed by atoms with van der Waals surface area (Å²) in [4.78, 5) is 21.9. The topological polar surface area (TPSA) is 65.1 Å². The predicted octanol–water partition coefficient (Wildman–Crippen LogP) is -0.501. The Morgan fingerprint density at radius 3 is 1.71 bits per heavy atom. The maximum Gasteiger partial charge on any atom is 0.338 e. The van der Waals surface area contributed by atoms with Crippen molar-refractivity contribution >= 4 is 41.5 Å². The van der Waals surface area contributed by atoms with Crippen LogP contribution in [0.4, 0.5) is 0 Å². The van der Waals surface area contributed by atoms with Gasteiger partial charge in [0.1, 0.15) is 0 Å². The van der Waals surface area contributed by atoms with Gasteiger partial charge in [0.2, 0.25) is 0 Å². The van der Waals surface area contributed by atoms with Gasteiger partial charge >= 0.3 is 11.9 Å². The molecule has 0 N–H and O–H groups in total. The van der Waals surface area contributed by atoms with Gasteiger partial charge in [0.15, 0.2) is 12.2 Å². The van der Waals surface area contributed by atoms with Crippen molar-refractivity contribution in [3.05, 3.63) is 0 Å². The molecule has 0 aromatic carbocycles. The van der Waals surface area contributed by atoms with Gasteiger partial charge in [-0.1, -0.05) is 0 Å². The molecular formula is C8H12NaO5. The summed E-state index contributed by atoms with van der Waals surface area (Å²) >= 11 is 0. The molecule has 1 aliphatic heterocycles. The molecule has 0 bridgehead atoms. The minimum atomic E-state index is -0.751. The molecule has 0 amide bonds. The molecule has 0 aromatic rings. The van der Waals surface area contributed by atoms with Crippen LogP contribution in [-0.4, -0.2) is 66.9 Å². The number of carbonyl (C=O) groups excluding carboxylic acids is 2. The summed E-state index contributed by atoms with van der Waals surface area (Å²) < 4.78 is 14.1. The zero-order valence-corrected chi connectivity index (χ0v) is 10.6. The zero-order valence-electron chi connectivity index (χ0n) is 8.61. The molecule has 75 valence electrons. The Morgan fingerprint density at radius 2 is 1.43 bits per heavy atom. The largest absolute Gasteiger partial charge is 0.464 e. The van der Waals surface area contributed by atoms with E-state index in [1.807, 2.05) is 0 Å². The number of epoxide rings is 1. The Morgan fingerprint density at radius 1 is 1.07 bits per heavy atom. The van der Waals surface area contributed by atoms with Gasteiger partial charge in [-0.05, 0) is 13.8 Å². The molecule has 2 unspecified atom stereocenters. The van der Waals surface area contributed by atoms with Crippen LogP contribution in [0, 0.1) is 0 Å². The monoisotopic (exact) mass is 211 g/mol. The molecule has 1 fully saturated rings. The second-order valence-corrected chi connectivity index (χ2v) is 2.48.